The number of carbonyl (C=O) groups excluding carboxylic acids is 2. The number of aromatic nitrogens is 2. The number of carbonyl (C=O) groups is 2. The van der Waals surface area contributed by atoms with Crippen molar-refractivity contribution in [1.82, 2.24) is 13.6 Å². The van der Waals surface area contributed by atoms with Crippen molar-refractivity contribution in [3.63, 3.8) is 0 Å². The smallest absolute Gasteiger partial charge is 0.410 e. The van der Waals surface area contributed by atoms with Gasteiger partial charge in [-0.25, -0.2) is 9.18 Å². The summed E-state index contributed by atoms with van der Waals surface area (Å²) in [6.07, 6.45) is -0.126. The van der Waals surface area contributed by atoms with Gasteiger partial charge in [0.2, 0.25) is 0 Å². The normalized spacial score (nSPS) is 16.1. The number of nitrogens with one attached hydrogen (secondary N) is 1. The predicted molar refractivity (Wildman–Crippen MR) is 98.0 cm³/mol. The Balaban J connectivity index is 1.74. The molecule has 1 aromatic heterocycles. The molecule has 138 valence electrons. The molecule has 9 heteroatoms. The van der Waals surface area contributed by atoms with Crippen LogP contribution in [-0.2, 0) is 16.0 Å². The maximum atomic E-state index is 13.9. The van der Waals surface area contributed by atoms with E-state index in [4.69, 9.17) is 4.74 Å². The summed E-state index contributed by atoms with van der Waals surface area (Å²) in [5.74, 6) is -0.934. The van der Waals surface area contributed by atoms with Crippen molar-refractivity contribution in [2.45, 2.75) is 12.5 Å². The van der Waals surface area contributed by atoms with Gasteiger partial charge in [-0.3, -0.25) is 9.69 Å². The van der Waals surface area contributed by atoms with Crippen LogP contribution in [0.15, 0.2) is 36.4 Å². The van der Waals surface area contributed by atoms with Crippen molar-refractivity contribution in [1.29, 1.82) is 0 Å². The van der Waals surface area contributed by atoms with Gasteiger partial charge >= 0.3 is 6.09 Å². The molecule has 27 heavy (non-hydrogen) atoms. The summed E-state index contributed by atoms with van der Waals surface area (Å²) in [5, 5.41) is 2.80. The van der Waals surface area contributed by atoms with Gasteiger partial charge in [-0.05, 0) is 41.8 Å². The van der Waals surface area contributed by atoms with Crippen LogP contribution >= 0.6 is 11.7 Å². The molecule has 0 bridgehead atoms. The topological polar surface area (TPSA) is 84.4 Å². The van der Waals surface area contributed by atoms with E-state index >= 15 is 0 Å². The van der Waals surface area contributed by atoms with Gasteiger partial charge in [0.1, 0.15) is 22.9 Å². The first-order chi connectivity index (χ1) is 13.1. The average molecular weight is 386 g/mol. The molecule has 1 atom stereocenters. The molecule has 0 saturated heterocycles. The van der Waals surface area contributed by atoms with Gasteiger partial charge in [0, 0.05) is 6.54 Å². The minimum atomic E-state index is -1.00. The Kier molecular flexibility index (Phi) is 4.44. The van der Waals surface area contributed by atoms with E-state index in [9.17, 15) is 14.0 Å². The number of ether oxygens (including phenoxy) is 1. The Morgan fingerprint density at radius 3 is 2.96 bits per heavy atom. The Labute approximate surface area is 158 Å². The van der Waals surface area contributed by atoms with Crippen LogP contribution in [0.1, 0.15) is 17.2 Å². The number of nitrogens with zero attached hydrogens (tertiary/aromatic N) is 3. The largest absolute Gasteiger partial charge is 0.453 e. The van der Waals surface area contributed by atoms with Crippen LogP contribution < -0.4 is 5.32 Å². The first-order valence-electron chi connectivity index (χ1n) is 8.23. The maximum absolute atomic E-state index is 13.9. The van der Waals surface area contributed by atoms with E-state index in [-0.39, 0.29) is 0 Å². The molecule has 1 N–H and O–H groups in total. The number of rotatable bonds is 2. The highest BCUT2D eigenvalue weighted by atomic mass is 32.1. The quantitative estimate of drug-likeness (QED) is 0.731. The van der Waals surface area contributed by atoms with Crippen molar-refractivity contribution in [2.75, 3.05) is 19.0 Å². The van der Waals surface area contributed by atoms with Crippen LogP contribution in [0.25, 0.3) is 11.0 Å². The second-order valence-electron chi connectivity index (χ2n) is 6.09. The molecular weight excluding hydrogens is 371 g/mol. The van der Waals surface area contributed by atoms with Crippen molar-refractivity contribution in [3.05, 3.63) is 53.3 Å². The maximum Gasteiger partial charge on any atom is 0.410 e. The van der Waals surface area contributed by atoms with Crippen LogP contribution in [0.3, 0.4) is 0 Å². The number of benzene rings is 2. The predicted octanol–water partition coefficient (Wildman–Crippen LogP) is 3.13. The molecule has 0 unspecified atom stereocenters. The van der Waals surface area contributed by atoms with E-state index < -0.39 is 23.9 Å². The summed E-state index contributed by atoms with van der Waals surface area (Å²) < 4.78 is 27.0. The van der Waals surface area contributed by atoms with E-state index in [0.29, 0.717) is 35.2 Å². The highest BCUT2D eigenvalue weighted by Crippen LogP contribution is 2.33. The fourth-order valence-electron chi connectivity index (χ4n) is 3.29. The Morgan fingerprint density at radius 1 is 1.30 bits per heavy atom. The van der Waals surface area contributed by atoms with E-state index in [0.717, 1.165) is 17.3 Å². The number of methoxy groups -OCH3 is 1. The molecular formula is C18H15FN4O3S. The standard InChI is InChI=1S/C18H15FN4O3S/c1-26-18(25)23-8-7-10-5-6-11(19)9-12(10)16(23)17(24)20-13-3-2-4-14-15(13)22-27-21-14/h2-6,9,16H,7-8H2,1H3,(H,20,24)/t16-/m1/s1. The number of fused-ring (bicyclic) bond motifs is 2. The van der Waals surface area contributed by atoms with Crippen LogP contribution in [0.4, 0.5) is 14.9 Å². The van der Waals surface area contributed by atoms with Gasteiger partial charge in [0.15, 0.2) is 0 Å². The number of halogens is 1. The van der Waals surface area contributed by atoms with Gasteiger partial charge in [0.25, 0.3) is 5.91 Å². The highest BCUT2D eigenvalue weighted by molar-refractivity contribution is 7.00. The van der Waals surface area contributed by atoms with Crippen LogP contribution in [0.2, 0.25) is 0 Å². The van der Waals surface area contributed by atoms with Crippen LogP contribution in [-0.4, -0.2) is 39.3 Å². The molecule has 2 aromatic carbocycles. The Morgan fingerprint density at radius 2 is 2.15 bits per heavy atom. The molecule has 1 aliphatic heterocycles. The van der Waals surface area contributed by atoms with Gasteiger partial charge in [-0.1, -0.05) is 12.1 Å². The second kappa shape index (κ2) is 6.92. The lowest BCUT2D eigenvalue weighted by atomic mass is 9.92. The first kappa shape index (κ1) is 17.3. The van der Waals surface area contributed by atoms with Gasteiger partial charge in [-0.15, -0.1) is 0 Å². The van der Waals surface area contributed by atoms with E-state index in [2.05, 4.69) is 14.1 Å². The third kappa shape index (κ3) is 3.10. The molecule has 0 fully saturated rings. The number of hydrogen-bond donors (Lipinski definition) is 1. The Hall–Kier alpha value is -3.07. The van der Waals surface area contributed by atoms with Gasteiger partial charge < -0.3 is 10.1 Å². The molecule has 4 rings (SSSR count). The monoisotopic (exact) mass is 386 g/mol. The lowest BCUT2D eigenvalue weighted by molar-refractivity contribution is -0.121. The third-order valence-electron chi connectivity index (χ3n) is 4.54. The minimum Gasteiger partial charge on any atom is -0.453 e. The molecule has 0 spiro atoms. The second-order valence-corrected chi connectivity index (χ2v) is 6.61. The molecule has 0 aliphatic carbocycles. The summed E-state index contributed by atoms with van der Waals surface area (Å²) in [5.41, 5.74) is 2.99. The van der Waals surface area contributed by atoms with Gasteiger partial charge in [-0.2, -0.15) is 8.75 Å². The van der Waals surface area contributed by atoms with Crippen LogP contribution in [0, 0.1) is 5.82 Å². The number of amides is 2. The first-order valence-corrected chi connectivity index (χ1v) is 8.96. The number of hydrogen-bond acceptors (Lipinski definition) is 6. The zero-order valence-corrected chi connectivity index (χ0v) is 15.1. The molecule has 0 saturated carbocycles. The molecule has 0 radical (unpaired) electrons. The summed E-state index contributed by atoms with van der Waals surface area (Å²) in [6, 6.07) is 8.54. The molecule has 7 nitrogen and oxygen atoms in total. The SMILES string of the molecule is COC(=O)N1CCc2ccc(F)cc2[C@@H]1C(=O)Nc1cccc2nsnc12. The summed E-state index contributed by atoms with van der Waals surface area (Å²) in [7, 11) is 1.25. The summed E-state index contributed by atoms with van der Waals surface area (Å²) >= 11 is 1.04. The van der Waals surface area contributed by atoms with Gasteiger partial charge in [0.05, 0.1) is 24.5 Å². The molecule has 2 heterocycles. The summed E-state index contributed by atoms with van der Waals surface area (Å²) in [4.78, 5) is 26.6. The lowest BCUT2D eigenvalue weighted by Crippen LogP contribution is -2.45. The van der Waals surface area contributed by atoms with Crippen LogP contribution in [0.5, 0.6) is 0 Å². The van der Waals surface area contributed by atoms with E-state index in [1.165, 1.54) is 24.1 Å². The van der Waals surface area contributed by atoms with Crippen molar-refractivity contribution < 1.29 is 18.7 Å². The average Bonchev–Trinajstić information content (AvgIpc) is 3.16. The lowest BCUT2D eigenvalue weighted by Gasteiger charge is -2.35. The van der Waals surface area contributed by atoms with Crippen molar-refractivity contribution in [2.24, 2.45) is 0 Å². The third-order valence-corrected chi connectivity index (χ3v) is 5.08. The molecule has 2 amide bonds. The fraction of sp³-hybridized carbons (Fsp3) is 0.222. The minimum absolute atomic E-state index is 0.297. The Bertz CT molecular complexity index is 1040. The van der Waals surface area contributed by atoms with E-state index in [1.54, 1.807) is 24.3 Å². The van der Waals surface area contributed by atoms with Crippen molar-refractivity contribution >= 4 is 40.4 Å². The summed E-state index contributed by atoms with van der Waals surface area (Å²) in [6.45, 7) is 0.297. The van der Waals surface area contributed by atoms with Crippen molar-refractivity contribution in [3.8, 4) is 0 Å². The molecule has 1 aliphatic rings. The number of anilines is 1. The zero-order chi connectivity index (χ0) is 19.0. The fourth-order valence-corrected chi connectivity index (χ4v) is 3.84. The highest BCUT2D eigenvalue weighted by Gasteiger charge is 2.37. The zero-order valence-electron chi connectivity index (χ0n) is 14.3. The molecule has 3 aromatic rings. The van der Waals surface area contributed by atoms with E-state index in [1.807, 2.05) is 0 Å².